The second-order valence-electron chi connectivity index (χ2n) is 7.97. The van der Waals surface area contributed by atoms with Crippen molar-refractivity contribution < 1.29 is 22.3 Å². The minimum atomic E-state index is -3.39. The second-order valence-corrected chi connectivity index (χ2v) is 10.7. The van der Waals surface area contributed by atoms with Gasteiger partial charge in [-0.15, -0.1) is 11.6 Å². The van der Waals surface area contributed by atoms with Crippen molar-refractivity contribution in [2.45, 2.75) is 31.0 Å². The molecule has 0 atom stereocenters. The van der Waals surface area contributed by atoms with Gasteiger partial charge >= 0.3 is 0 Å². The first-order valence-electron chi connectivity index (χ1n) is 10.00. The molecule has 0 fully saturated rings. The number of rotatable bonds is 9. The Labute approximate surface area is 203 Å². The van der Waals surface area contributed by atoms with E-state index in [1.54, 1.807) is 12.1 Å². The average molecular weight is 508 g/mol. The van der Waals surface area contributed by atoms with Crippen LogP contribution in [0.15, 0.2) is 58.2 Å². The number of nitrogens with zero attached hydrogens (tertiary/aromatic N) is 1. The van der Waals surface area contributed by atoms with Crippen LogP contribution in [-0.4, -0.2) is 27.2 Å². The lowest BCUT2D eigenvalue weighted by atomic mass is 9.77. The highest BCUT2D eigenvalue weighted by Gasteiger charge is 2.26. The van der Waals surface area contributed by atoms with E-state index in [0.717, 1.165) is 17.4 Å². The minimum absolute atomic E-state index is 0.0901. The number of benzene rings is 2. The van der Waals surface area contributed by atoms with Crippen molar-refractivity contribution in [1.29, 1.82) is 5.26 Å². The van der Waals surface area contributed by atoms with Gasteiger partial charge in [0.15, 0.2) is 5.75 Å². The van der Waals surface area contributed by atoms with Gasteiger partial charge in [-0.05, 0) is 35.4 Å². The normalized spacial score (nSPS) is 11.8. The molecule has 0 bridgehead atoms. The van der Waals surface area contributed by atoms with E-state index in [1.807, 2.05) is 38.1 Å². The molecule has 0 amide bonds. The standard InChI is InChI=1S/C24H23Cl2NO5S/c1-24(2,19-11-17(13-27)23(21(26)12-19)30-9-8-25)18-4-6-20(7-5-18)31-14-16-10-22(32-15-16)33(3,28)29/h4-7,10-12,15H,8-9,14H2,1-3H3. The summed E-state index contributed by atoms with van der Waals surface area (Å²) in [6, 6.07) is 14.7. The minimum Gasteiger partial charge on any atom is -0.489 e. The lowest BCUT2D eigenvalue weighted by Gasteiger charge is -2.27. The topological polar surface area (TPSA) is 89.5 Å². The maximum absolute atomic E-state index is 11.5. The van der Waals surface area contributed by atoms with Gasteiger partial charge in [0.05, 0.1) is 22.7 Å². The van der Waals surface area contributed by atoms with Gasteiger partial charge in [0.2, 0.25) is 14.9 Å². The first-order valence-corrected chi connectivity index (χ1v) is 12.8. The molecule has 0 radical (unpaired) electrons. The molecule has 9 heteroatoms. The Balaban J connectivity index is 1.77. The molecular weight excluding hydrogens is 485 g/mol. The van der Waals surface area contributed by atoms with Crippen LogP contribution in [0.5, 0.6) is 11.5 Å². The van der Waals surface area contributed by atoms with Gasteiger partial charge in [-0.1, -0.05) is 37.6 Å². The van der Waals surface area contributed by atoms with E-state index in [1.165, 1.54) is 12.3 Å². The number of sulfone groups is 1. The molecule has 0 saturated heterocycles. The first kappa shape index (κ1) is 25.0. The third-order valence-electron chi connectivity index (χ3n) is 5.19. The van der Waals surface area contributed by atoms with Crippen molar-refractivity contribution >= 4 is 33.0 Å². The zero-order valence-corrected chi connectivity index (χ0v) is 20.7. The molecule has 0 saturated carbocycles. The first-order chi connectivity index (χ1) is 15.6. The van der Waals surface area contributed by atoms with E-state index >= 15 is 0 Å². The molecule has 3 aromatic rings. The second kappa shape index (κ2) is 10.1. The summed E-state index contributed by atoms with van der Waals surface area (Å²) in [6.45, 7) is 4.50. The molecule has 3 rings (SSSR count). The molecule has 0 aliphatic rings. The molecule has 6 nitrogen and oxygen atoms in total. The highest BCUT2D eigenvalue weighted by Crippen LogP contribution is 2.38. The number of alkyl halides is 1. The molecule has 0 aliphatic heterocycles. The number of nitriles is 1. The van der Waals surface area contributed by atoms with Gasteiger partial charge in [0, 0.05) is 23.3 Å². The summed E-state index contributed by atoms with van der Waals surface area (Å²) in [6.07, 6.45) is 2.45. The summed E-state index contributed by atoms with van der Waals surface area (Å²) in [5.74, 6) is 1.25. The fraction of sp³-hybridized carbons (Fsp3) is 0.292. The highest BCUT2D eigenvalue weighted by molar-refractivity contribution is 7.90. The molecule has 0 aliphatic carbocycles. The quantitative estimate of drug-likeness (QED) is 0.343. The lowest BCUT2D eigenvalue weighted by Crippen LogP contribution is -2.19. The van der Waals surface area contributed by atoms with Crippen LogP contribution in [0.4, 0.5) is 0 Å². The number of hydrogen-bond acceptors (Lipinski definition) is 6. The molecular formula is C24H23Cl2NO5S. The van der Waals surface area contributed by atoms with Crippen molar-refractivity contribution in [1.82, 2.24) is 0 Å². The summed E-state index contributed by atoms with van der Waals surface area (Å²) < 4.78 is 39.4. The molecule has 1 aromatic heterocycles. The zero-order chi connectivity index (χ0) is 24.2. The fourth-order valence-electron chi connectivity index (χ4n) is 3.25. The molecule has 33 heavy (non-hydrogen) atoms. The van der Waals surface area contributed by atoms with E-state index in [0.29, 0.717) is 33.5 Å². The fourth-order valence-corrected chi connectivity index (χ4v) is 4.19. The maximum atomic E-state index is 11.5. The number of furan rings is 1. The van der Waals surface area contributed by atoms with Crippen LogP contribution in [0.2, 0.25) is 5.02 Å². The summed E-state index contributed by atoms with van der Waals surface area (Å²) in [5, 5.41) is 9.83. The highest BCUT2D eigenvalue weighted by atomic mass is 35.5. The summed E-state index contributed by atoms with van der Waals surface area (Å²) in [5.41, 5.74) is 2.38. The van der Waals surface area contributed by atoms with E-state index in [-0.39, 0.29) is 18.3 Å². The van der Waals surface area contributed by atoms with Crippen molar-refractivity contribution in [2.24, 2.45) is 0 Å². The van der Waals surface area contributed by atoms with Gasteiger partial charge in [0.1, 0.15) is 25.0 Å². The van der Waals surface area contributed by atoms with Gasteiger partial charge in [-0.25, -0.2) is 8.42 Å². The Kier molecular flexibility index (Phi) is 7.63. The Morgan fingerprint density at radius 3 is 2.36 bits per heavy atom. The third kappa shape index (κ3) is 5.83. The Morgan fingerprint density at radius 2 is 1.79 bits per heavy atom. The monoisotopic (exact) mass is 507 g/mol. The van der Waals surface area contributed by atoms with Gasteiger partial charge in [0.25, 0.3) is 0 Å². The van der Waals surface area contributed by atoms with Crippen molar-refractivity contribution in [2.75, 3.05) is 18.7 Å². The van der Waals surface area contributed by atoms with E-state index in [4.69, 9.17) is 37.1 Å². The van der Waals surface area contributed by atoms with Crippen molar-refractivity contribution in [3.05, 3.63) is 76.0 Å². The Morgan fingerprint density at radius 1 is 1.09 bits per heavy atom. The van der Waals surface area contributed by atoms with Crippen LogP contribution >= 0.6 is 23.2 Å². The summed E-state index contributed by atoms with van der Waals surface area (Å²) in [4.78, 5) is 0. The Hall–Kier alpha value is -2.66. The summed E-state index contributed by atoms with van der Waals surface area (Å²) >= 11 is 12.1. The molecule has 2 aromatic carbocycles. The van der Waals surface area contributed by atoms with E-state index in [9.17, 15) is 13.7 Å². The van der Waals surface area contributed by atoms with Crippen molar-refractivity contribution in [3.63, 3.8) is 0 Å². The van der Waals surface area contributed by atoms with Crippen LogP contribution in [0.1, 0.15) is 36.1 Å². The predicted octanol–water partition coefficient (Wildman–Crippen LogP) is 5.73. The molecule has 0 unspecified atom stereocenters. The van der Waals surface area contributed by atoms with Gasteiger partial charge in [-0.2, -0.15) is 5.26 Å². The van der Waals surface area contributed by atoms with Gasteiger partial charge < -0.3 is 13.9 Å². The maximum Gasteiger partial charge on any atom is 0.217 e. The molecule has 0 spiro atoms. The lowest BCUT2D eigenvalue weighted by molar-refractivity contribution is 0.304. The summed E-state index contributed by atoms with van der Waals surface area (Å²) in [7, 11) is -3.39. The van der Waals surface area contributed by atoms with Crippen LogP contribution in [0.3, 0.4) is 0 Å². The number of hydrogen-bond donors (Lipinski definition) is 0. The number of ether oxygens (including phenoxy) is 2. The van der Waals surface area contributed by atoms with Gasteiger partial charge in [-0.3, -0.25) is 0 Å². The van der Waals surface area contributed by atoms with E-state index in [2.05, 4.69) is 6.07 Å². The zero-order valence-electron chi connectivity index (χ0n) is 18.4. The molecule has 1 heterocycles. The molecule has 174 valence electrons. The van der Waals surface area contributed by atoms with E-state index < -0.39 is 15.3 Å². The van der Waals surface area contributed by atoms with Crippen LogP contribution in [0, 0.1) is 11.3 Å². The molecule has 0 N–H and O–H groups in total. The van der Waals surface area contributed by atoms with Crippen LogP contribution < -0.4 is 9.47 Å². The smallest absolute Gasteiger partial charge is 0.217 e. The third-order valence-corrected chi connectivity index (χ3v) is 6.57. The largest absolute Gasteiger partial charge is 0.489 e. The van der Waals surface area contributed by atoms with Crippen molar-refractivity contribution in [3.8, 4) is 17.6 Å². The average Bonchev–Trinajstić information content (AvgIpc) is 3.26. The van der Waals surface area contributed by atoms with Crippen LogP contribution in [0.25, 0.3) is 0 Å². The SMILES string of the molecule is CC(C)(c1ccc(OCc2coc(S(C)(=O)=O)c2)cc1)c1cc(Cl)c(OCCCl)c(C#N)c1. The Bertz CT molecular complexity index is 1280. The predicted molar refractivity (Wildman–Crippen MR) is 127 cm³/mol. The number of halogens is 2. The van der Waals surface area contributed by atoms with Crippen LogP contribution in [-0.2, 0) is 21.9 Å².